The first-order chi connectivity index (χ1) is 9.65. The SMILES string of the molecule is COc1ccc(C)cc1CC(NN)C1(OC)CCCC1. The number of ether oxygens (including phenoxy) is 2. The van der Waals surface area contributed by atoms with Crippen LogP contribution in [0.15, 0.2) is 18.2 Å². The number of nitrogens with one attached hydrogen (secondary N) is 1. The van der Waals surface area contributed by atoms with Crippen molar-refractivity contribution >= 4 is 0 Å². The Morgan fingerprint density at radius 2 is 2.00 bits per heavy atom. The monoisotopic (exact) mass is 278 g/mol. The van der Waals surface area contributed by atoms with Gasteiger partial charge in [0.2, 0.25) is 0 Å². The highest BCUT2D eigenvalue weighted by molar-refractivity contribution is 5.37. The lowest BCUT2D eigenvalue weighted by Crippen LogP contribution is -2.54. The van der Waals surface area contributed by atoms with Gasteiger partial charge in [0, 0.05) is 7.11 Å². The van der Waals surface area contributed by atoms with Gasteiger partial charge in [0.15, 0.2) is 0 Å². The summed E-state index contributed by atoms with van der Waals surface area (Å²) >= 11 is 0. The van der Waals surface area contributed by atoms with E-state index < -0.39 is 0 Å². The molecular weight excluding hydrogens is 252 g/mol. The highest BCUT2D eigenvalue weighted by Gasteiger charge is 2.41. The predicted molar refractivity (Wildman–Crippen MR) is 80.8 cm³/mol. The lowest BCUT2D eigenvalue weighted by atomic mass is 9.87. The highest BCUT2D eigenvalue weighted by atomic mass is 16.5. The van der Waals surface area contributed by atoms with Gasteiger partial charge in [-0.25, -0.2) is 0 Å². The minimum atomic E-state index is -0.149. The summed E-state index contributed by atoms with van der Waals surface area (Å²) in [6.07, 6.45) is 5.35. The number of rotatable bonds is 6. The van der Waals surface area contributed by atoms with Crippen molar-refractivity contribution in [2.24, 2.45) is 5.84 Å². The molecule has 0 radical (unpaired) electrons. The first-order valence-corrected chi connectivity index (χ1v) is 7.30. The molecule has 0 amide bonds. The molecule has 1 unspecified atom stereocenters. The molecule has 4 heteroatoms. The molecule has 20 heavy (non-hydrogen) atoms. The zero-order valence-corrected chi connectivity index (χ0v) is 12.7. The van der Waals surface area contributed by atoms with E-state index in [1.54, 1.807) is 14.2 Å². The fourth-order valence-corrected chi connectivity index (χ4v) is 3.35. The Balaban J connectivity index is 2.23. The summed E-state index contributed by atoms with van der Waals surface area (Å²) in [5, 5.41) is 0. The van der Waals surface area contributed by atoms with Crippen molar-refractivity contribution in [2.45, 2.75) is 50.7 Å². The maximum atomic E-state index is 5.84. The van der Waals surface area contributed by atoms with Crippen LogP contribution in [0.5, 0.6) is 5.75 Å². The molecular formula is C16H26N2O2. The van der Waals surface area contributed by atoms with Crippen molar-refractivity contribution < 1.29 is 9.47 Å². The predicted octanol–water partition coefficient (Wildman–Crippen LogP) is 2.34. The number of aryl methyl sites for hydroxylation is 1. The van der Waals surface area contributed by atoms with Crippen molar-refractivity contribution in [1.29, 1.82) is 0 Å². The summed E-state index contributed by atoms with van der Waals surface area (Å²) in [6.45, 7) is 2.09. The Kier molecular flexibility index (Phi) is 5.02. The lowest BCUT2D eigenvalue weighted by molar-refractivity contribution is -0.0356. The van der Waals surface area contributed by atoms with Crippen molar-refractivity contribution in [2.75, 3.05) is 14.2 Å². The second kappa shape index (κ2) is 6.57. The fraction of sp³-hybridized carbons (Fsp3) is 0.625. The molecule has 3 N–H and O–H groups in total. The van der Waals surface area contributed by atoms with Gasteiger partial charge >= 0.3 is 0 Å². The van der Waals surface area contributed by atoms with Crippen molar-refractivity contribution in [1.82, 2.24) is 5.43 Å². The van der Waals surface area contributed by atoms with Gasteiger partial charge in [-0.1, -0.05) is 30.5 Å². The Bertz CT molecular complexity index is 442. The molecule has 1 aromatic rings. The molecule has 0 heterocycles. The van der Waals surface area contributed by atoms with E-state index in [0.717, 1.165) is 25.0 Å². The van der Waals surface area contributed by atoms with Crippen molar-refractivity contribution in [3.63, 3.8) is 0 Å². The minimum Gasteiger partial charge on any atom is -0.496 e. The molecule has 1 aliphatic carbocycles. The van der Waals surface area contributed by atoms with E-state index in [1.807, 2.05) is 6.07 Å². The second-order valence-electron chi connectivity index (χ2n) is 5.71. The maximum Gasteiger partial charge on any atom is 0.122 e. The van der Waals surface area contributed by atoms with E-state index in [4.69, 9.17) is 15.3 Å². The summed E-state index contributed by atoms with van der Waals surface area (Å²) in [5.74, 6) is 6.74. The van der Waals surface area contributed by atoms with Crippen LogP contribution in [0.2, 0.25) is 0 Å². The van der Waals surface area contributed by atoms with Crippen molar-refractivity contribution in [3.05, 3.63) is 29.3 Å². The van der Waals surface area contributed by atoms with Gasteiger partial charge in [-0.3, -0.25) is 11.3 Å². The third-order valence-corrected chi connectivity index (χ3v) is 4.55. The van der Waals surface area contributed by atoms with E-state index in [-0.39, 0.29) is 11.6 Å². The van der Waals surface area contributed by atoms with Crippen LogP contribution >= 0.6 is 0 Å². The number of hydrogen-bond donors (Lipinski definition) is 2. The van der Waals surface area contributed by atoms with Crippen LogP contribution in [-0.2, 0) is 11.2 Å². The average Bonchev–Trinajstić information content (AvgIpc) is 2.95. The second-order valence-corrected chi connectivity index (χ2v) is 5.71. The van der Waals surface area contributed by atoms with E-state index in [1.165, 1.54) is 24.0 Å². The average molecular weight is 278 g/mol. The fourth-order valence-electron chi connectivity index (χ4n) is 3.35. The minimum absolute atomic E-state index is 0.102. The topological polar surface area (TPSA) is 56.5 Å². The van der Waals surface area contributed by atoms with Crippen LogP contribution in [0.3, 0.4) is 0 Å². The number of nitrogens with two attached hydrogens (primary N) is 1. The normalized spacial score (nSPS) is 19.0. The smallest absolute Gasteiger partial charge is 0.122 e. The molecule has 0 aliphatic heterocycles. The summed E-state index contributed by atoms with van der Waals surface area (Å²) in [5.41, 5.74) is 5.24. The summed E-state index contributed by atoms with van der Waals surface area (Å²) < 4.78 is 11.3. The maximum absolute atomic E-state index is 5.84. The largest absolute Gasteiger partial charge is 0.496 e. The van der Waals surface area contributed by atoms with Crippen LogP contribution in [-0.4, -0.2) is 25.9 Å². The van der Waals surface area contributed by atoms with Gasteiger partial charge in [-0.2, -0.15) is 0 Å². The highest BCUT2D eigenvalue weighted by Crippen LogP contribution is 2.37. The summed E-state index contributed by atoms with van der Waals surface area (Å²) in [7, 11) is 3.50. The molecule has 0 aromatic heterocycles. The van der Waals surface area contributed by atoms with E-state index in [0.29, 0.717) is 0 Å². The first kappa shape index (κ1) is 15.3. The van der Waals surface area contributed by atoms with E-state index >= 15 is 0 Å². The molecule has 0 spiro atoms. The molecule has 1 saturated carbocycles. The Morgan fingerprint density at radius 1 is 1.30 bits per heavy atom. The lowest BCUT2D eigenvalue weighted by Gasteiger charge is -2.36. The molecule has 0 saturated heterocycles. The number of benzene rings is 1. The number of hydrazine groups is 1. The summed E-state index contributed by atoms with van der Waals surface area (Å²) in [6, 6.07) is 6.36. The van der Waals surface area contributed by atoms with E-state index in [2.05, 4.69) is 24.5 Å². The third kappa shape index (κ3) is 2.97. The summed E-state index contributed by atoms with van der Waals surface area (Å²) in [4.78, 5) is 0. The molecule has 1 aromatic carbocycles. The van der Waals surface area contributed by atoms with Gasteiger partial charge < -0.3 is 9.47 Å². The molecule has 1 aliphatic rings. The van der Waals surface area contributed by atoms with Gasteiger partial charge in [0.1, 0.15) is 5.75 Å². The van der Waals surface area contributed by atoms with Crippen LogP contribution in [0.25, 0.3) is 0 Å². The standard InChI is InChI=1S/C16H26N2O2/c1-12-6-7-14(19-2)13(10-12)11-15(18-17)16(20-3)8-4-5-9-16/h6-7,10,15,18H,4-5,8-9,11,17H2,1-3H3. The van der Waals surface area contributed by atoms with Crippen LogP contribution in [0, 0.1) is 6.92 Å². The zero-order valence-electron chi connectivity index (χ0n) is 12.7. The molecule has 1 fully saturated rings. The van der Waals surface area contributed by atoms with E-state index in [9.17, 15) is 0 Å². The van der Waals surface area contributed by atoms with Crippen LogP contribution < -0.4 is 16.0 Å². The van der Waals surface area contributed by atoms with Crippen LogP contribution in [0.1, 0.15) is 36.8 Å². The Morgan fingerprint density at radius 3 is 2.55 bits per heavy atom. The molecule has 2 rings (SSSR count). The van der Waals surface area contributed by atoms with Gasteiger partial charge in [0.05, 0.1) is 18.8 Å². The number of methoxy groups -OCH3 is 2. The first-order valence-electron chi connectivity index (χ1n) is 7.30. The number of hydrogen-bond acceptors (Lipinski definition) is 4. The molecule has 112 valence electrons. The Hall–Kier alpha value is -1.10. The van der Waals surface area contributed by atoms with Gasteiger partial charge in [-0.05, 0) is 37.8 Å². The zero-order chi connectivity index (χ0) is 14.6. The Labute approximate surface area is 121 Å². The van der Waals surface area contributed by atoms with Gasteiger partial charge in [-0.15, -0.1) is 0 Å². The van der Waals surface area contributed by atoms with Gasteiger partial charge in [0.25, 0.3) is 0 Å². The molecule has 1 atom stereocenters. The third-order valence-electron chi connectivity index (χ3n) is 4.55. The van der Waals surface area contributed by atoms with Crippen LogP contribution in [0.4, 0.5) is 0 Å². The van der Waals surface area contributed by atoms with Crippen molar-refractivity contribution in [3.8, 4) is 5.75 Å². The molecule has 4 nitrogen and oxygen atoms in total. The molecule has 0 bridgehead atoms. The quantitative estimate of drug-likeness (QED) is 0.619.